The molecule has 31 heavy (non-hydrogen) atoms. The Morgan fingerprint density at radius 2 is 1.32 bits per heavy atom. The molecule has 2 heterocycles. The molecule has 0 unspecified atom stereocenters. The fraction of sp³-hybridized carbons (Fsp3) is 0.440. The second-order valence-corrected chi connectivity index (χ2v) is 10.2. The average Bonchev–Trinajstić information content (AvgIpc) is 3.08. The van der Waals surface area contributed by atoms with Gasteiger partial charge in [-0.05, 0) is 69.6 Å². The lowest BCUT2D eigenvalue weighted by atomic mass is 9.63. The molecule has 5 nitrogen and oxygen atoms in total. The van der Waals surface area contributed by atoms with E-state index in [1.807, 2.05) is 64.1 Å². The quantitative estimate of drug-likeness (QED) is 0.562. The third-order valence-electron chi connectivity index (χ3n) is 7.57. The van der Waals surface area contributed by atoms with Crippen molar-refractivity contribution >= 4 is 24.4 Å². The number of carbonyl (C=O) groups excluding carboxylic acids is 2. The van der Waals surface area contributed by atoms with Crippen molar-refractivity contribution in [3.63, 3.8) is 0 Å². The van der Waals surface area contributed by atoms with E-state index in [-0.39, 0.29) is 11.8 Å². The van der Waals surface area contributed by atoms with Gasteiger partial charge in [-0.1, -0.05) is 43.3 Å². The molecule has 0 radical (unpaired) electrons. The van der Waals surface area contributed by atoms with Crippen molar-refractivity contribution in [2.45, 2.75) is 64.2 Å². The van der Waals surface area contributed by atoms with Gasteiger partial charge in [-0.3, -0.25) is 14.5 Å². The topological polar surface area (TPSA) is 55.8 Å². The van der Waals surface area contributed by atoms with Gasteiger partial charge < -0.3 is 9.31 Å². The summed E-state index contributed by atoms with van der Waals surface area (Å²) in [5.41, 5.74) is 1.52. The predicted octanol–water partition coefficient (Wildman–Crippen LogP) is 3.91. The highest BCUT2D eigenvalue weighted by molar-refractivity contribution is 6.62. The van der Waals surface area contributed by atoms with E-state index in [0.29, 0.717) is 17.0 Å². The second-order valence-electron chi connectivity index (χ2n) is 10.2. The molecule has 0 aromatic heterocycles. The number of rotatable bonds is 3. The lowest BCUT2D eigenvalue weighted by Gasteiger charge is -2.51. The Kier molecular flexibility index (Phi) is 4.31. The van der Waals surface area contributed by atoms with Crippen LogP contribution in [0.5, 0.6) is 0 Å². The monoisotopic (exact) mass is 417 g/mol. The fourth-order valence-electron chi connectivity index (χ4n) is 5.15. The van der Waals surface area contributed by atoms with Crippen molar-refractivity contribution in [1.82, 2.24) is 4.90 Å². The summed E-state index contributed by atoms with van der Waals surface area (Å²) < 4.78 is 12.3. The first-order chi connectivity index (χ1) is 14.6. The molecule has 2 aromatic rings. The Balaban J connectivity index is 1.47. The summed E-state index contributed by atoms with van der Waals surface area (Å²) in [7, 11) is -0.436. The number of carbonyl (C=O) groups is 2. The molecule has 6 heteroatoms. The summed E-state index contributed by atoms with van der Waals surface area (Å²) in [6.45, 7) is 10.3. The number of hydrogen-bond acceptors (Lipinski definition) is 4. The van der Waals surface area contributed by atoms with Crippen LogP contribution < -0.4 is 5.46 Å². The number of imide groups is 1. The van der Waals surface area contributed by atoms with Gasteiger partial charge >= 0.3 is 7.12 Å². The zero-order valence-electron chi connectivity index (χ0n) is 18.8. The van der Waals surface area contributed by atoms with Gasteiger partial charge in [0.25, 0.3) is 11.8 Å². The maximum Gasteiger partial charge on any atom is 0.494 e. The summed E-state index contributed by atoms with van der Waals surface area (Å²) in [5.74, 6) is 0.0668. The van der Waals surface area contributed by atoms with Crippen LogP contribution in [0.2, 0.25) is 0 Å². The molecule has 2 amide bonds. The number of fused-ring (bicyclic) bond motifs is 1. The summed E-state index contributed by atoms with van der Waals surface area (Å²) in [5, 5.41) is 0. The Morgan fingerprint density at radius 1 is 0.839 bits per heavy atom. The summed E-state index contributed by atoms with van der Waals surface area (Å²) >= 11 is 0. The zero-order valence-corrected chi connectivity index (χ0v) is 18.8. The van der Waals surface area contributed by atoms with E-state index in [9.17, 15) is 9.59 Å². The van der Waals surface area contributed by atoms with Crippen molar-refractivity contribution in [2.24, 2.45) is 5.92 Å². The van der Waals surface area contributed by atoms with Crippen LogP contribution >= 0.6 is 0 Å². The molecule has 0 bridgehead atoms. The Hall–Kier alpha value is -2.44. The molecule has 0 atom stereocenters. The average molecular weight is 417 g/mol. The number of hydrogen-bond donors (Lipinski definition) is 0. The van der Waals surface area contributed by atoms with Crippen LogP contribution in [0.1, 0.15) is 73.7 Å². The van der Waals surface area contributed by atoms with Gasteiger partial charge in [0, 0.05) is 0 Å². The molecule has 2 aliphatic heterocycles. The van der Waals surface area contributed by atoms with Crippen LogP contribution in [0.25, 0.3) is 0 Å². The Morgan fingerprint density at radius 3 is 1.77 bits per heavy atom. The molecular formula is C25H28BNO4. The molecular weight excluding hydrogens is 389 g/mol. The first-order valence-corrected chi connectivity index (χ1v) is 11.0. The number of benzene rings is 2. The van der Waals surface area contributed by atoms with Gasteiger partial charge in [-0.15, -0.1) is 0 Å². The normalized spacial score (nSPS) is 28.6. The summed E-state index contributed by atoms with van der Waals surface area (Å²) in [6.07, 6.45) is 1.54. The minimum absolute atomic E-state index is 0.192. The molecule has 1 saturated carbocycles. The third kappa shape index (κ3) is 2.85. The largest absolute Gasteiger partial charge is 0.494 e. The van der Waals surface area contributed by atoms with Crippen molar-refractivity contribution in [2.75, 3.05) is 0 Å². The van der Waals surface area contributed by atoms with E-state index in [1.165, 1.54) is 4.90 Å². The minimum atomic E-state index is -0.596. The van der Waals surface area contributed by atoms with E-state index in [4.69, 9.17) is 9.31 Å². The first kappa shape index (κ1) is 20.5. The van der Waals surface area contributed by atoms with Crippen molar-refractivity contribution in [1.29, 1.82) is 0 Å². The standard InChI is InChI=1S/C25H28BNO4/c1-16-14-25(15-16,27-21(28)19-8-6-7-9-20(19)22(27)29)17-10-12-18(13-11-17)26-30-23(2,3)24(4,5)31-26/h6-13,16H,14-15H2,1-5H3. The molecule has 2 fully saturated rings. The molecule has 0 spiro atoms. The van der Waals surface area contributed by atoms with Crippen LogP contribution in [0.15, 0.2) is 48.5 Å². The van der Waals surface area contributed by atoms with Gasteiger partial charge in [-0.2, -0.15) is 0 Å². The van der Waals surface area contributed by atoms with Gasteiger partial charge in [0.15, 0.2) is 0 Å². The smallest absolute Gasteiger partial charge is 0.399 e. The number of nitrogens with zero attached hydrogens (tertiary/aromatic N) is 1. The van der Waals surface area contributed by atoms with E-state index >= 15 is 0 Å². The predicted molar refractivity (Wildman–Crippen MR) is 119 cm³/mol. The van der Waals surface area contributed by atoms with Gasteiger partial charge in [-0.25, -0.2) is 0 Å². The fourth-order valence-corrected chi connectivity index (χ4v) is 5.15. The molecule has 160 valence electrons. The van der Waals surface area contributed by atoms with Crippen LogP contribution in [-0.2, 0) is 14.8 Å². The van der Waals surface area contributed by atoms with Crippen molar-refractivity contribution in [3.8, 4) is 0 Å². The van der Waals surface area contributed by atoms with E-state index < -0.39 is 23.9 Å². The molecule has 1 saturated heterocycles. The van der Waals surface area contributed by atoms with E-state index in [1.54, 1.807) is 12.1 Å². The third-order valence-corrected chi connectivity index (χ3v) is 7.57. The summed E-state index contributed by atoms with van der Waals surface area (Å²) in [4.78, 5) is 27.9. The molecule has 0 N–H and O–H groups in total. The Bertz CT molecular complexity index is 1020. The molecule has 2 aromatic carbocycles. The summed E-state index contributed by atoms with van der Waals surface area (Å²) in [6, 6.07) is 15.2. The van der Waals surface area contributed by atoms with E-state index in [2.05, 4.69) is 6.92 Å². The maximum atomic E-state index is 13.2. The SMILES string of the molecule is CC1CC(c2ccc(B3OC(C)(C)C(C)(C)O3)cc2)(N2C(=O)c3ccccc3C2=O)C1. The van der Waals surface area contributed by atoms with E-state index in [0.717, 1.165) is 23.9 Å². The van der Waals surface area contributed by atoms with Crippen LogP contribution in [0, 0.1) is 5.92 Å². The minimum Gasteiger partial charge on any atom is -0.399 e. The zero-order chi connectivity index (χ0) is 22.2. The van der Waals surface area contributed by atoms with Gasteiger partial charge in [0.2, 0.25) is 0 Å². The highest BCUT2D eigenvalue weighted by atomic mass is 16.7. The van der Waals surface area contributed by atoms with Crippen molar-refractivity contribution in [3.05, 3.63) is 65.2 Å². The van der Waals surface area contributed by atoms with Crippen LogP contribution in [-0.4, -0.2) is 35.0 Å². The number of amides is 2. The van der Waals surface area contributed by atoms with Crippen molar-refractivity contribution < 1.29 is 18.9 Å². The highest BCUT2D eigenvalue weighted by Crippen LogP contribution is 2.52. The second kappa shape index (κ2) is 6.53. The van der Waals surface area contributed by atoms with Crippen LogP contribution in [0.3, 0.4) is 0 Å². The lowest BCUT2D eigenvalue weighted by Crippen LogP contribution is -2.56. The molecule has 1 aliphatic carbocycles. The highest BCUT2D eigenvalue weighted by Gasteiger charge is 2.56. The Labute approximate surface area is 183 Å². The van der Waals surface area contributed by atoms with Gasteiger partial charge in [0.05, 0.1) is 27.9 Å². The molecule has 5 rings (SSSR count). The first-order valence-electron chi connectivity index (χ1n) is 11.0. The van der Waals surface area contributed by atoms with Gasteiger partial charge in [0.1, 0.15) is 0 Å². The lowest BCUT2D eigenvalue weighted by molar-refractivity contribution is -0.00198. The maximum absolute atomic E-state index is 13.2. The molecule has 3 aliphatic rings. The van der Waals surface area contributed by atoms with Crippen LogP contribution in [0.4, 0.5) is 0 Å².